The van der Waals surface area contributed by atoms with Gasteiger partial charge in [-0.3, -0.25) is 9.97 Å². The Hall–Kier alpha value is -3.61. The molecule has 0 spiro atoms. The molecule has 4 aromatic rings. The summed E-state index contributed by atoms with van der Waals surface area (Å²) in [6.45, 7) is 22.9. The number of thiazole rings is 2. The summed E-state index contributed by atoms with van der Waals surface area (Å²) in [4.78, 5) is 31.7. The highest BCUT2D eigenvalue weighted by molar-refractivity contribution is 7.15. The average molecular weight is 711 g/mol. The lowest BCUT2D eigenvalue weighted by atomic mass is 9.91. The number of pyridine rings is 2. The largest absolute Gasteiger partial charge is 0.475 e. The van der Waals surface area contributed by atoms with E-state index in [9.17, 15) is 4.79 Å². The molecule has 0 unspecified atom stereocenters. The molecule has 10 nitrogen and oxygen atoms in total. The van der Waals surface area contributed by atoms with Crippen LogP contribution in [0.3, 0.4) is 0 Å². The summed E-state index contributed by atoms with van der Waals surface area (Å²) in [5, 5.41) is 4.83. The van der Waals surface area contributed by atoms with E-state index in [2.05, 4.69) is 52.9 Å². The third-order valence-electron chi connectivity index (χ3n) is 6.96. The third kappa shape index (κ3) is 13.7. The Morgan fingerprint density at radius 1 is 0.755 bits per heavy atom. The van der Waals surface area contributed by atoms with Crippen LogP contribution in [0.4, 0.5) is 4.79 Å². The molecule has 1 amide bonds. The Morgan fingerprint density at radius 2 is 1.18 bits per heavy atom. The second-order valence-corrected chi connectivity index (χ2v) is 17.3. The molecule has 4 aromatic heterocycles. The van der Waals surface area contributed by atoms with Crippen molar-refractivity contribution >= 4 is 28.8 Å². The lowest BCUT2D eigenvalue weighted by molar-refractivity contribution is 0.0406. The van der Waals surface area contributed by atoms with Gasteiger partial charge in [-0.2, -0.15) is 0 Å². The number of nitrogens with zero attached hydrogens (tertiary/aromatic N) is 4. The van der Waals surface area contributed by atoms with Crippen LogP contribution in [0.15, 0.2) is 49.1 Å². The maximum atomic E-state index is 12.3. The van der Waals surface area contributed by atoms with E-state index >= 15 is 0 Å². The van der Waals surface area contributed by atoms with E-state index in [1.807, 2.05) is 72.7 Å². The fourth-order valence-electron chi connectivity index (χ4n) is 5.32. The van der Waals surface area contributed by atoms with E-state index in [0.717, 1.165) is 43.7 Å². The molecule has 4 rings (SSSR count). The first-order valence-corrected chi connectivity index (χ1v) is 18.3. The van der Waals surface area contributed by atoms with Crippen LogP contribution in [0.2, 0.25) is 0 Å². The predicted molar refractivity (Wildman–Crippen MR) is 200 cm³/mol. The van der Waals surface area contributed by atoms with E-state index in [1.165, 1.54) is 0 Å². The predicted octanol–water partition coefficient (Wildman–Crippen LogP) is 8.88. The minimum atomic E-state index is -0.566. The number of aryl methyl sites for hydroxylation is 2. The first-order valence-electron chi connectivity index (χ1n) is 16.7. The molecule has 0 bridgehead atoms. The quantitative estimate of drug-likeness (QED) is 0.140. The molecule has 0 saturated carbocycles. The van der Waals surface area contributed by atoms with Gasteiger partial charge in [0.05, 0.1) is 15.3 Å². The molecule has 0 saturated heterocycles. The molecule has 0 radical (unpaired) electrons. The lowest BCUT2D eigenvalue weighted by Gasteiger charge is -2.33. The maximum absolute atomic E-state index is 12.3. The van der Waals surface area contributed by atoms with Gasteiger partial charge in [-0.05, 0) is 97.4 Å². The normalized spacial score (nSPS) is 14.0. The zero-order chi connectivity index (χ0) is 36.4. The standard InChI is InChI=1S/C21H31N3O3S.C16H23N3OS/c1-14(2)12-21(7,24-19(25)27-20(4,5)6)13-26-17-15(3)28-18(23-17)16-8-10-22-11-9-16;1-11(2)9-16(4,17)10-20-14-12(3)21-15(19-14)13-5-7-18-8-6-13/h8-11,14H,12-13H2,1-7H3,(H,24,25);5-8,11H,9-10,17H2,1-4H3/t21-;16-/m00/s1. The number of nitrogens with one attached hydrogen (secondary N) is 1. The molecule has 0 aliphatic carbocycles. The van der Waals surface area contributed by atoms with Gasteiger partial charge in [0.15, 0.2) is 0 Å². The van der Waals surface area contributed by atoms with Crippen molar-refractivity contribution in [2.45, 2.75) is 106 Å². The molecule has 3 N–H and O–H groups in total. The van der Waals surface area contributed by atoms with Crippen molar-refractivity contribution in [3.05, 3.63) is 58.8 Å². The van der Waals surface area contributed by atoms with Crippen LogP contribution in [0.1, 0.15) is 84.9 Å². The van der Waals surface area contributed by atoms with Crippen molar-refractivity contribution in [2.75, 3.05) is 13.2 Å². The number of ether oxygens (including phenoxy) is 3. The summed E-state index contributed by atoms with van der Waals surface area (Å²) < 4.78 is 17.3. The molecule has 4 heterocycles. The van der Waals surface area contributed by atoms with E-state index in [0.29, 0.717) is 36.8 Å². The van der Waals surface area contributed by atoms with Crippen LogP contribution < -0.4 is 20.5 Å². The number of hydrogen-bond donors (Lipinski definition) is 2. The van der Waals surface area contributed by atoms with Gasteiger partial charge in [0.1, 0.15) is 28.8 Å². The van der Waals surface area contributed by atoms with Crippen molar-refractivity contribution in [2.24, 2.45) is 17.6 Å². The molecular weight excluding hydrogens is 657 g/mol. The molecule has 268 valence electrons. The molecule has 49 heavy (non-hydrogen) atoms. The highest BCUT2D eigenvalue weighted by Crippen LogP contribution is 2.33. The van der Waals surface area contributed by atoms with Gasteiger partial charge in [-0.1, -0.05) is 27.7 Å². The van der Waals surface area contributed by atoms with E-state index in [1.54, 1.807) is 47.5 Å². The van der Waals surface area contributed by atoms with Crippen LogP contribution in [0.25, 0.3) is 21.1 Å². The summed E-state index contributed by atoms with van der Waals surface area (Å²) in [6.07, 6.45) is 8.28. The second-order valence-electron chi connectivity index (χ2n) is 14.8. The number of amides is 1. The van der Waals surface area contributed by atoms with E-state index < -0.39 is 17.2 Å². The Morgan fingerprint density at radius 3 is 1.59 bits per heavy atom. The van der Waals surface area contributed by atoms with Crippen molar-refractivity contribution in [1.82, 2.24) is 25.3 Å². The summed E-state index contributed by atoms with van der Waals surface area (Å²) in [5.74, 6) is 2.21. The molecular formula is C37H54N6O4S2. The Bertz CT molecular complexity index is 1600. The van der Waals surface area contributed by atoms with Crippen LogP contribution in [-0.4, -0.2) is 55.9 Å². The summed E-state index contributed by atoms with van der Waals surface area (Å²) in [5.41, 5.74) is 6.90. The molecule has 0 aliphatic rings. The van der Waals surface area contributed by atoms with Crippen molar-refractivity contribution in [1.29, 1.82) is 0 Å². The Kier molecular flexibility index (Phi) is 14.1. The van der Waals surface area contributed by atoms with E-state index in [4.69, 9.17) is 19.9 Å². The van der Waals surface area contributed by atoms with Gasteiger partial charge in [0.25, 0.3) is 0 Å². The highest BCUT2D eigenvalue weighted by atomic mass is 32.1. The van der Waals surface area contributed by atoms with Crippen molar-refractivity contribution in [3.63, 3.8) is 0 Å². The summed E-state index contributed by atoms with van der Waals surface area (Å²) in [7, 11) is 0. The number of carbonyl (C=O) groups is 1. The topological polar surface area (TPSA) is 134 Å². The van der Waals surface area contributed by atoms with Gasteiger partial charge in [-0.25, -0.2) is 14.8 Å². The van der Waals surface area contributed by atoms with Gasteiger partial charge < -0.3 is 25.3 Å². The molecule has 0 aliphatic heterocycles. The fourth-order valence-corrected chi connectivity index (χ4v) is 7.05. The van der Waals surface area contributed by atoms with Crippen molar-refractivity contribution < 1.29 is 19.0 Å². The van der Waals surface area contributed by atoms with Gasteiger partial charge in [0, 0.05) is 41.5 Å². The van der Waals surface area contributed by atoms with Crippen LogP contribution in [0.5, 0.6) is 11.8 Å². The SMILES string of the molecule is Cc1sc(-c2ccncc2)nc1OC[C@@](C)(N)CC(C)C.Cc1sc(-c2ccncc2)nc1OC[C@](C)(CC(C)C)NC(=O)OC(C)(C)C. The second kappa shape index (κ2) is 17.4. The van der Waals surface area contributed by atoms with Gasteiger partial charge in [-0.15, -0.1) is 22.7 Å². The first-order chi connectivity index (χ1) is 22.8. The number of aromatic nitrogens is 4. The number of rotatable bonds is 13. The van der Waals surface area contributed by atoms with E-state index in [-0.39, 0.29) is 5.54 Å². The fraction of sp³-hybridized carbons (Fsp3) is 0.541. The minimum Gasteiger partial charge on any atom is -0.475 e. The monoisotopic (exact) mass is 710 g/mol. The molecule has 2 atom stereocenters. The number of nitrogens with two attached hydrogens (primary N) is 1. The number of carbonyl (C=O) groups excluding carboxylic acids is 1. The van der Waals surface area contributed by atoms with Crippen LogP contribution in [-0.2, 0) is 4.74 Å². The smallest absolute Gasteiger partial charge is 0.408 e. The van der Waals surface area contributed by atoms with Crippen LogP contribution in [0, 0.1) is 25.7 Å². The third-order valence-corrected chi connectivity index (χ3v) is 8.97. The van der Waals surface area contributed by atoms with Crippen LogP contribution >= 0.6 is 22.7 Å². The lowest BCUT2D eigenvalue weighted by Crippen LogP contribution is -2.52. The number of alkyl carbamates (subject to hydrolysis) is 1. The first kappa shape index (κ1) is 39.8. The highest BCUT2D eigenvalue weighted by Gasteiger charge is 2.31. The van der Waals surface area contributed by atoms with Gasteiger partial charge in [0.2, 0.25) is 11.8 Å². The Labute approximate surface area is 300 Å². The average Bonchev–Trinajstić information content (AvgIpc) is 3.56. The number of hydrogen-bond acceptors (Lipinski definition) is 11. The molecule has 0 fully saturated rings. The summed E-state index contributed by atoms with van der Waals surface area (Å²) in [6, 6.07) is 7.76. The molecule has 12 heteroatoms. The van der Waals surface area contributed by atoms with Crippen molar-refractivity contribution in [3.8, 4) is 32.9 Å². The van der Waals surface area contributed by atoms with Gasteiger partial charge >= 0.3 is 6.09 Å². The zero-order valence-corrected chi connectivity index (χ0v) is 32.6. The Balaban J connectivity index is 0.000000276. The zero-order valence-electron chi connectivity index (χ0n) is 30.9. The molecule has 0 aromatic carbocycles. The summed E-state index contributed by atoms with van der Waals surface area (Å²) >= 11 is 3.21. The minimum absolute atomic E-state index is 0.310. The maximum Gasteiger partial charge on any atom is 0.408 e.